The number of benzene rings is 1. The number of nitrogens with zero attached hydrogens (tertiary/aromatic N) is 3. The zero-order valence-corrected chi connectivity index (χ0v) is 11.5. The second kappa shape index (κ2) is 5.16. The van der Waals surface area contributed by atoms with E-state index in [1.165, 1.54) is 16.4 Å². The minimum atomic E-state index is -0.922. The molecule has 3 rings (SSSR count). The van der Waals surface area contributed by atoms with Gasteiger partial charge in [0.2, 0.25) is 5.16 Å². The summed E-state index contributed by atoms with van der Waals surface area (Å²) >= 11 is 1.40. The first-order chi connectivity index (χ1) is 9.66. The van der Waals surface area contributed by atoms with Crippen LogP contribution in [0, 0.1) is 0 Å². The van der Waals surface area contributed by atoms with E-state index in [2.05, 4.69) is 10.2 Å². The lowest BCUT2D eigenvalue weighted by Gasteiger charge is -2.05. The largest absolute Gasteiger partial charge is 0.478 e. The van der Waals surface area contributed by atoms with Gasteiger partial charge in [0.15, 0.2) is 5.82 Å². The van der Waals surface area contributed by atoms with E-state index in [0.717, 1.165) is 24.2 Å². The Balaban J connectivity index is 1.75. The third-order valence-corrected chi connectivity index (χ3v) is 4.23. The summed E-state index contributed by atoms with van der Waals surface area (Å²) in [4.78, 5) is 11.1. The maximum absolute atomic E-state index is 11.1. The Labute approximate surface area is 120 Å². The van der Waals surface area contributed by atoms with Gasteiger partial charge < -0.3 is 10.9 Å². The van der Waals surface area contributed by atoms with Crippen LogP contribution < -0.4 is 5.84 Å². The van der Waals surface area contributed by atoms with Crippen LogP contribution in [-0.2, 0) is 5.75 Å². The Bertz CT molecular complexity index is 652. The normalized spacial score (nSPS) is 14.4. The summed E-state index contributed by atoms with van der Waals surface area (Å²) in [6.07, 6.45) is 2.23. The number of rotatable bonds is 5. The van der Waals surface area contributed by atoms with Crippen molar-refractivity contribution in [1.82, 2.24) is 14.9 Å². The van der Waals surface area contributed by atoms with E-state index >= 15 is 0 Å². The van der Waals surface area contributed by atoms with Crippen LogP contribution in [-0.4, -0.2) is 25.9 Å². The zero-order chi connectivity index (χ0) is 14.1. The van der Waals surface area contributed by atoms with Crippen LogP contribution in [0.25, 0.3) is 0 Å². The smallest absolute Gasteiger partial charge is 0.335 e. The molecule has 0 unspecified atom stereocenters. The Morgan fingerprint density at radius 1 is 1.40 bits per heavy atom. The minimum Gasteiger partial charge on any atom is -0.478 e. The lowest BCUT2D eigenvalue weighted by Crippen LogP contribution is -2.13. The van der Waals surface area contributed by atoms with Gasteiger partial charge in [0, 0.05) is 11.7 Å². The average molecular weight is 290 g/mol. The van der Waals surface area contributed by atoms with Crippen LogP contribution in [0.1, 0.15) is 40.5 Å². The third-order valence-electron chi connectivity index (χ3n) is 3.24. The van der Waals surface area contributed by atoms with Gasteiger partial charge in [0.25, 0.3) is 0 Å². The van der Waals surface area contributed by atoms with Crippen LogP contribution in [0.4, 0.5) is 0 Å². The van der Waals surface area contributed by atoms with Crippen molar-refractivity contribution in [2.24, 2.45) is 0 Å². The topological polar surface area (TPSA) is 94.0 Å². The quantitative estimate of drug-likeness (QED) is 0.645. The molecular weight excluding hydrogens is 276 g/mol. The zero-order valence-electron chi connectivity index (χ0n) is 10.7. The molecule has 1 aromatic heterocycles. The van der Waals surface area contributed by atoms with Crippen molar-refractivity contribution < 1.29 is 9.90 Å². The summed E-state index contributed by atoms with van der Waals surface area (Å²) in [5.41, 5.74) is 1.06. The highest BCUT2D eigenvalue weighted by atomic mass is 32.2. The van der Waals surface area contributed by atoms with Crippen LogP contribution in [0.3, 0.4) is 0 Å². The van der Waals surface area contributed by atoms with Gasteiger partial charge in [-0.25, -0.2) is 9.47 Å². The fourth-order valence-electron chi connectivity index (χ4n) is 2.00. The summed E-state index contributed by atoms with van der Waals surface area (Å²) in [7, 11) is 0. The third kappa shape index (κ3) is 2.49. The number of carboxylic acids is 1. The Morgan fingerprint density at radius 2 is 2.15 bits per heavy atom. The van der Waals surface area contributed by atoms with E-state index < -0.39 is 5.97 Å². The molecule has 0 bridgehead atoms. The minimum absolute atomic E-state index is 0.311. The number of hydrogen-bond acceptors (Lipinski definition) is 5. The second-order valence-electron chi connectivity index (χ2n) is 4.74. The lowest BCUT2D eigenvalue weighted by molar-refractivity contribution is 0.0696. The predicted molar refractivity (Wildman–Crippen MR) is 75.1 cm³/mol. The van der Waals surface area contributed by atoms with Gasteiger partial charge in [-0.2, -0.15) is 0 Å². The SMILES string of the molecule is Nn1c(SCc2ccccc2C(=O)O)nnc1C1CC1. The summed E-state index contributed by atoms with van der Waals surface area (Å²) < 4.78 is 1.52. The number of aromatic carboxylic acids is 1. The molecule has 1 aliphatic rings. The summed E-state index contributed by atoms with van der Waals surface area (Å²) in [6.45, 7) is 0. The maximum Gasteiger partial charge on any atom is 0.335 e. The van der Waals surface area contributed by atoms with Gasteiger partial charge in [-0.05, 0) is 24.5 Å². The van der Waals surface area contributed by atoms with Gasteiger partial charge in [0.05, 0.1) is 5.56 Å². The van der Waals surface area contributed by atoms with Gasteiger partial charge in [-0.3, -0.25) is 0 Å². The predicted octanol–water partition coefficient (Wildman–Crippen LogP) is 1.86. The van der Waals surface area contributed by atoms with E-state index in [-0.39, 0.29) is 0 Å². The molecular formula is C13H14N4O2S. The first-order valence-corrected chi connectivity index (χ1v) is 7.29. The van der Waals surface area contributed by atoms with Crippen molar-refractivity contribution in [2.45, 2.75) is 29.7 Å². The van der Waals surface area contributed by atoms with Crippen molar-refractivity contribution in [3.05, 3.63) is 41.2 Å². The Hall–Kier alpha value is -2.02. The second-order valence-corrected chi connectivity index (χ2v) is 5.68. The molecule has 104 valence electrons. The van der Waals surface area contributed by atoms with Crippen molar-refractivity contribution in [3.63, 3.8) is 0 Å². The number of aromatic nitrogens is 3. The molecule has 2 aromatic rings. The van der Waals surface area contributed by atoms with Crippen LogP contribution in [0.2, 0.25) is 0 Å². The Morgan fingerprint density at radius 3 is 2.85 bits per heavy atom. The summed E-state index contributed by atoms with van der Waals surface area (Å²) in [5, 5.41) is 17.9. The van der Waals surface area contributed by atoms with Crippen LogP contribution >= 0.6 is 11.8 Å². The molecule has 7 heteroatoms. The standard InChI is InChI=1S/C13H14N4O2S/c14-17-11(8-5-6-8)15-16-13(17)20-7-9-3-1-2-4-10(9)12(18)19/h1-4,8H,5-7,14H2,(H,18,19). The molecule has 1 heterocycles. The fourth-order valence-corrected chi connectivity index (χ4v) is 2.87. The highest BCUT2D eigenvalue weighted by Crippen LogP contribution is 2.39. The first kappa shape index (κ1) is 13.0. The van der Waals surface area contributed by atoms with E-state index in [9.17, 15) is 4.79 Å². The average Bonchev–Trinajstić information content (AvgIpc) is 3.21. The molecule has 1 aromatic carbocycles. The fraction of sp³-hybridized carbons (Fsp3) is 0.308. The molecule has 0 amide bonds. The molecule has 3 N–H and O–H groups in total. The van der Waals surface area contributed by atoms with E-state index in [0.29, 0.717) is 22.4 Å². The Kier molecular flexibility index (Phi) is 3.35. The lowest BCUT2D eigenvalue weighted by atomic mass is 10.1. The monoisotopic (exact) mass is 290 g/mol. The molecule has 0 atom stereocenters. The van der Waals surface area contributed by atoms with E-state index in [1.54, 1.807) is 18.2 Å². The molecule has 1 aliphatic carbocycles. The molecule has 6 nitrogen and oxygen atoms in total. The van der Waals surface area contributed by atoms with Crippen molar-refractivity contribution in [3.8, 4) is 0 Å². The molecule has 0 radical (unpaired) electrons. The molecule has 0 spiro atoms. The number of carbonyl (C=O) groups is 1. The van der Waals surface area contributed by atoms with Crippen LogP contribution in [0.15, 0.2) is 29.4 Å². The molecule has 0 aliphatic heterocycles. The number of carboxylic acid groups (broad SMARTS) is 1. The van der Waals surface area contributed by atoms with Gasteiger partial charge >= 0.3 is 5.97 Å². The molecule has 1 fully saturated rings. The van der Waals surface area contributed by atoms with E-state index in [1.807, 2.05) is 6.07 Å². The number of nitrogens with two attached hydrogens (primary N) is 1. The number of nitrogen functional groups attached to an aromatic ring is 1. The van der Waals surface area contributed by atoms with Gasteiger partial charge in [-0.15, -0.1) is 10.2 Å². The summed E-state index contributed by atoms with van der Waals surface area (Å²) in [5.74, 6) is 6.80. The first-order valence-electron chi connectivity index (χ1n) is 6.31. The maximum atomic E-state index is 11.1. The van der Waals surface area contributed by atoms with Gasteiger partial charge in [0.1, 0.15) is 0 Å². The molecule has 0 saturated heterocycles. The summed E-state index contributed by atoms with van der Waals surface area (Å²) in [6, 6.07) is 6.94. The molecule has 1 saturated carbocycles. The molecule has 20 heavy (non-hydrogen) atoms. The van der Waals surface area contributed by atoms with E-state index in [4.69, 9.17) is 10.9 Å². The van der Waals surface area contributed by atoms with Crippen LogP contribution in [0.5, 0.6) is 0 Å². The van der Waals surface area contributed by atoms with Gasteiger partial charge in [-0.1, -0.05) is 30.0 Å². The number of thioether (sulfide) groups is 1. The van der Waals surface area contributed by atoms with Crippen molar-refractivity contribution in [1.29, 1.82) is 0 Å². The number of hydrogen-bond donors (Lipinski definition) is 2. The highest BCUT2D eigenvalue weighted by molar-refractivity contribution is 7.98. The highest BCUT2D eigenvalue weighted by Gasteiger charge is 2.29. The van der Waals surface area contributed by atoms with Crippen molar-refractivity contribution >= 4 is 17.7 Å². The van der Waals surface area contributed by atoms with Crippen molar-refractivity contribution in [2.75, 3.05) is 5.84 Å².